The second kappa shape index (κ2) is 7.97. The summed E-state index contributed by atoms with van der Waals surface area (Å²) in [4.78, 5) is 21.5. The van der Waals surface area contributed by atoms with Gasteiger partial charge in [-0.3, -0.25) is 9.48 Å². The number of benzene rings is 1. The van der Waals surface area contributed by atoms with Crippen LogP contribution in [0.25, 0.3) is 0 Å². The summed E-state index contributed by atoms with van der Waals surface area (Å²) in [5, 5.41) is 17.9. The molecule has 2 N–H and O–H groups in total. The molecule has 2 saturated carbocycles. The fourth-order valence-corrected chi connectivity index (χ4v) is 5.71. The summed E-state index contributed by atoms with van der Waals surface area (Å²) in [5.74, 6) is 0.0685. The Bertz CT molecular complexity index is 1130. The van der Waals surface area contributed by atoms with E-state index in [1.807, 2.05) is 0 Å². The lowest BCUT2D eigenvalue weighted by molar-refractivity contribution is 0.0175. The van der Waals surface area contributed by atoms with Gasteiger partial charge in [0.05, 0.1) is 29.2 Å². The second-order valence-corrected chi connectivity index (χ2v) is 9.49. The number of carbonyl (C=O) groups is 1. The van der Waals surface area contributed by atoms with Gasteiger partial charge in [0.15, 0.2) is 0 Å². The van der Waals surface area contributed by atoms with E-state index in [9.17, 15) is 14.3 Å². The highest BCUT2D eigenvalue weighted by atomic mass is 35.5. The molecule has 2 heterocycles. The van der Waals surface area contributed by atoms with Crippen LogP contribution in [0.5, 0.6) is 0 Å². The Morgan fingerprint density at radius 1 is 1.31 bits per heavy atom. The lowest BCUT2D eigenvalue weighted by Crippen LogP contribution is -2.32. The second-order valence-electron chi connectivity index (χ2n) is 9.09. The quantitative estimate of drug-likeness (QED) is 0.610. The number of fused-ring (bicyclic) bond motifs is 1. The van der Waals surface area contributed by atoms with Gasteiger partial charge in [0.1, 0.15) is 24.2 Å². The van der Waals surface area contributed by atoms with Gasteiger partial charge in [-0.2, -0.15) is 5.10 Å². The summed E-state index contributed by atoms with van der Waals surface area (Å²) in [7, 11) is 1.79. The molecule has 1 aromatic carbocycles. The standard InChI is InChI=1S/C22H24ClFN6O2/c1-29-12-26-19(20(29)21(31)28-16-2-3-18(24)17(23)6-16)13-4-14-7-22(32,8-15(14)5-13)9-30-11-25-10-27-30/h2-3,6,10-15,32H,4-5,7-9H2,1H3,(H,28,31). The van der Waals surface area contributed by atoms with Crippen LogP contribution in [-0.4, -0.2) is 40.9 Å². The van der Waals surface area contributed by atoms with Crippen molar-refractivity contribution >= 4 is 23.2 Å². The number of aromatic nitrogens is 5. The molecule has 10 heteroatoms. The van der Waals surface area contributed by atoms with E-state index in [1.165, 1.54) is 24.5 Å². The number of nitrogens with zero attached hydrogens (tertiary/aromatic N) is 5. The van der Waals surface area contributed by atoms with Crippen molar-refractivity contribution in [3.63, 3.8) is 0 Å². The van der Waals surface area contributed by atoms with E-state index >= 15 is 0 Å². The molecule has 2 aliphatic carbocycles. The fourth-order valence-electron chi connectivity index (χ4n) is 5.53. The molecule has 1 amide bonds. The zero-order valence-corrected chi connectivity index (χ0v) is 18.3. The molecule has 0 aliphatic heterocycles. The Morgan fingerprint density at radius 3 is 2.72 bits per heavy atom. The minimum Gasteiger partial charge on any atom is -0.388 e. The highest BCUT2D eigenvalue weighted by Gasteiger charge is 2.50. The lowest BCUT2D eigenvalue weighted by Gasteiger charge is -2.24. The monoisotopic (exact) mass is 458 g/mol. The zero-order valence-electron chi connectivity index (χ0n) is 17.6. The third kappa shape index (κ3) is 3.91. The predicted octanol–water partition coefficient (Wildman–Crippen LogP) is 3.39. The average molecular weight is 459 g/mol. The van der Waals surface area contributed by atoms with Crippen molar-refractivity contribution in [3.05, 3.63) is 59.4 Å². The molecule has 8 nitrogen and oxygen atoms in total. The number of anilines is 1. The summed E-state index contributed by atoms with van der Waals surface area (Å²) in [5.41, 5.74) is 0.913. The molecule has 2 atom stereocenters. The molecule has 5 rings (SSSR count). The van der Waals surface area contributed by atoms with Gasteiger partial charge >= 0.3 is 0 Å². The molecule has 0 spiro atoms. The summed E-state index contributed by atoms with van der Waals surface area (Å²) in [6.07, 6.45) is 7.92. The highest BCUT2D eigenvalue weighted by Crippen LogP contribution is 2.54. The Labute approximate surface area is 189 Å². The third-order valence-corrected chi connectivity index (χ3v) is 7.08. The number of aryl methyl sites for hydroxylation is 1. The maximum Gasteiger partial charge on any atom is 0.274 e. The molecular weight excluding hydrogens is 435 g/mol. The van der Waals surface area contributed by atoms with Crippen LogP contribution in [0, 0.1) is 17.7 Å². The molecule has 168 valence electrons. The summed E-state index contributed by atoms with van der Waals surface area (Å²) in [6, 6.07) is 4.09. The van der Waals surface area contributed by atoms with Crippen molar-refractivity contribution in [2.75, 3.05) is 5.32 Å². The number of aliphatic hydroxyl groups is 1. The largest absolute Gasteiger partial charge is 0.388 e. The Hall–Kier alpha value is -2.78. The van der Waals surface area contributed by atoms with Crippen LogP contribution in [0.4, 0.5) is 10.1 Å². The van der Waals surface area contributed by atoms with E-state index < -0.39 is 11.4 Å². The van der Waals surface area contributed by atoms with E-state index in [2.05, 4.69) is 20.4 Å². The van der Waals surface area contributed by atoms with Gasteiger partial charge in [-0.1, -0.05) is 11.6 Å². The van der Waals surface area contributed by atoms with Crippen molar-refractivity contribution in [1.29, 1.82) is 0 Å². The number of amides is 1. The fraction of sp³-hybridized carbons (Fsp3) is 0.455. The predicted molar refractivity (Wildman–Crippen MR) is 116 cm³/mol. The Balaban J connectivity index is 1.29. The van der Waals surface area contributed by atoms with Crippen molar-refractivity contribution in [2.24, 2.45) is 18.9 Å². The van der Waals surface area contributed by atoms with Gasteiger partial charge in [-0.25, -0.2) is 14.4 Å². The third-order valence-electron chi connectivity index (χ3n) is 6.79. The molecule has 0 saturated heterocycles. The zero-order chi connectivity index (χ0) is 22.5. The van der Waals surface area contributed by atoms with Gasteiger partial charge in [-0.05, 0) is 55.7 Å². The summed E-state index contributed by atoms with van der Waals surface area (Å²) < 4.78 is 16.8. The Kier molecular flexibility index (Phi) is 5.25. The number of hydrogen-bond acceptors (Lipinski definition) is 5. The van der Waals surface area contributed by atoms with Crippen LogP contribution in [0.15, 0.2) is 37.2 Å². The highest BCUT2D eigenvalue weighted by molar-refractivity contribution is 6.31. The number of halogens is 2. The molecule has 0 radical (unpaired) electrons. The number of rotatable bonds is 5. The first-order valence-electron chi connectivity index (χ1n) is 10.6. The van der Waals surface area contributed by atoms with E-state index in [0.29, 0.717) is 42.6 Å². The first-order chi connectivity index (χ1) is 15.3. The molecule has 0 bridgehead atoms. The smallest absolute Gasteiger partial charge is 0.274 e. The average Bonchev–Trinajstić information content (AvgIpc) is 3.49. The number of imidazole rings is 1. The normalized spacial score (nSPS) is 26.9. The Morgan fingerprint density at radius 2 is 2.06 bits per heavy atom. The van der Waals surface area contributed by atoms with Gasteiger partial charge < -0.3 is 15.0 Å². The maximum atomic E-state index is 13.4. The van der Waals surface area contributed by atoms with Crippen molar-refractivity contribution < 1.29 is 14.3 Å². The summed E-state index contributed by atoms with van der Waals surface area (Å²) >= 11 is 5.84. The molecule has 32 heavy (non-hydrogen) atoms. The van der Waals surface area contributed by atoms with E-state index in [4.69, 9.17) is 11.6 Å². The van der Waals surface area contributed by atoms with Crippen LogP contribution in [0.1, 0.15) is 47.8 Å². The summed E-state index contributed by atoms with van der Waals surface area (Å²) in [6.45, 7) is 0.447. The van der Waals surface area contributed by atoms with Gasteiger partial charge in [0.2, 0.25) is 0 Å². The van der Waals surface area contributed by atoms with Crippen LogP contribution in [0.2, 0.25) is 5.02 Å². The van der Waals surface area contributed by atoms with Crippen molar-refractivity contribution in [1.82, 2.24) is 24.3 Å². The minimum atomic E-state index is -0.778. The van der Waals surface area contributed by atoms with Gasteiger partial charge in [0, 0.05) is 18.7 Å². The SMILES string of the molecule is Cn1cnc(C2CC3CC(O)(Cn4cncn4)CC3C2)c1C(=O)Nc1ccc(F)c(Cl)c1. The van der Waals surface area contributed by atoms with E-state index in [-0.39, 0.29) is 16.8 Å². The topological polar surface area (TPSA) is 97.9 Å². The van der Waals surface area contributed by atoms with Crippen LogP contribution < -0.4 is 5.32 Å². The van der Waals surface area contributed by atoms with E-state index in [0.717, 1.165) is 18.5 Å². The minimum absolute atomic E-state index is 0.0463. The van der Waals surface area contributed by atoms with Crippen LogP contribution in [0.3, 0.4) is 0 Å². The van der Waals surface area contributed by atoms with E-state index in [1.54, 1.807) is 29.0 Å². The molecule has 2 aromatic heterocycles. The first-order valence-corrected chi connectivity index (χ1v) is 11.0. The number of hydrogen-bond donors (Lipinski definition) is 2. The first kappa shape index (κ1) is 21.1. The molecule has 2 fully saturated rings. The van der Waals surface area contributed by atoms with Gasteiger partial charge in [0.25, 0.3) is 5.91 Å². The molecule has 3 aromatic rings. The van der Waals surface area contributed by atoms with Crippen molar-refractivity contribution in [2.45, 2.75) is 43.7 Å². The molecule has 2 unspecified atom stereocenters. The number of carbonyl (C=O) groups excluding carboxylic acids is 1. The van der Waals surface area contributed by atoms with Crippen LogP contribution >= 0.6 is 11.6 Å². The van der Waals surface area contributed by atoms with Crippen molar-refractivity contribution in [3.8, 4) is 0 Å². The lowest BCUT2D eigenvalue weighted by atomic mass is 9.92. The molecular formula is C22H24ClFN6O2. The number of nitrogens with one attached hydrogen (secondary N) is 1. The molecule has 2 aliphatic rings. The van der Waals surface area contributed by atoms with Crippen LogP contribution in [-0.2, 0) is 13.6 Å². The van der Waals surface area contributed by atoms with Gasteiger partial charge in [-0.15, -0.1) is 0 Å². The maximum absolute atomic E-state index is 13.4.